The van der Waals surface area contributed by atoms with Crippen LogP contribution in [0.3, 0.4) is 0 Å². The zero-order valence-corrected chi connectivity index (χ0v) is 15.6. The van der Waals surface area contributed by atoms with E-state index in [0.29, 0.717) is 0 Å². The third-order valence-electron chi connectivity index (χ3n) is 2.57. The number of para-hydroxylation sites is 2. The van der Waals surface area contributed by atoms with Gasteiger partial charge in [0.05, 0.1) is 27.5 Å². The first-order valence-electron chi connectivity index (χ1n) is 7.15. The van der Waals surface area contributed by atoms with Crippen molar-refractivity contribution in [1.82, 2.24) is 0 Å². The SMILES string of the molecule is C[Si](C)(C)/C=C/Nc1ccccc1N/C=C/[Si](C)(C)C. The fourth-order valence-corrected chi connectivity index (χ4v) is 2.66. The Hall–Kier alpha value is -1.27. The second-order valence-corrected chi connectivity index (χ2v) is 17.4. The molecule has 0 bridgehead atoms. The molecular weight excluding hydrogens is 276 g/mol. The van der Waals surface area contributed by atoms with Gasteiger partial charge in [0.25, 0.3) is 0 Å². The van der Waals surface area contributed by atoms with Crippen LogP contribution in [-0.2, 0) is 0 Å². The molecule has 0 saturated carbocycles. The summed E-state index contributed by atoms with van der Waals surface area (Å²) in [6.07, 6.45) is 4.16. The van der Waals surface area contributed by atoms with Gasteiger partial charge in [0.15, 0.2) is 0 Å². The molecule has 0 heterocycles. The molecule has 0 fully saturated rings. The Morgan fingerprint density at radius 1 is 0.700 bits per heavy atom. The lowest BCUT2D eigenvalue weighted by atomic mass is 10.2. The van der Waals surface area contributed by atoms with Gasteiger partial charge in [0, 0.05) is 0 Å². The van der Waals surface area contributed by atoms with Crippen LogP contribution in [0.25, 0.3) is 0 Å². The maximum absolute atomic E-state index is 3.39. The van der Waals surface area contributed by atoms with E-state index in [0.717, 1.165) is 11.4 Å². The molecule has 4 heteroatoms. The van der Waals surface area contributed by atoms with E-state index in [2.05, 4.69) is 98.0 Å². The molecule has 0 spiro atoms. The third-order valence-corrected chi connectivity index (χ3v) is 4.90. The third kappa shape index (κ3) is 7.35. The van der Waals surface area contributed by atoms with Crippen molar-refractivity contribution in [2.24, 2.45) is 0 Å². The molecule has 0 saturated heterocycles. The first-order chi connectivity index (χ1) is 9.17. The summed E-state index contributed by atoms with van der Waals surface area (Å²) in [4.78, 5) is 0. The van der Waals surface area contributed by atoms with Crippen molar-refractivity contribution >= 4 is 27.5 Å². The lowest BCUT2D eigenvalue weighted by Gasteiger charge is -2.13. The summed E-state index contributed by atoms with van der Waals surface area (Å²) in [5.41, 5.74) is 6.84. The molecule has 1 aromatic carbocycles. The molecular formula is C16H28N2Si2. The van der Waals surface area contributed by atoms with E-state index < -0.39 is 16.1 Å². The Balaban J connectivity index is 2.74. The molecule has 110 valence electrons. The van der Waals surface area contributed by atoms with E-state index in [1.54, 1.807) is 0 Å². The van der Waals surface area contributed by atoms with Crippen LogP contribution in [0, 0.1) is 0 Å². The van der Waals surface area contributed by atoms with E-state index in [-0.39, 0.29) is 0 Å². The van der Waals surface area contributed by atoms with Crippen LogP contribution >= 0.6 is 0 Å². The lowest BCUT2D eigenvalue weighted by Crippen LogP contribution is -2.16. The Labute approximate surface area is 126 Å². The van der Waals surface area contributed by atoms with E-state index in [1.807, 2.05) is 0 Å². The predicted molar refractivity (Wildman–Crippen MR) is 98.7 cm³/mol. The highest BCUT2D eigenvalue weighted by Gasteiger charge is 2.08. The summed E-state index contributed by atoms with van der Waals surface area (Å²) >= 11 is 0. The molecule has 0 aliphatic heterocycles. The van der Waals surface area contributed by atoms with E-state index in [1.165, 1.54) is 0 Å². The second-order valence-electron chi connectivity index (χ2n) is 7.23. The van der Waals surface area contributed by atoms with Gasteiger partial charge < -0.3 is 10.6 Å². The van der Waals surface area contributed by atoms with Crippen molar-refractivity contribution in [3.05, 3.63) is 48.1 Å². The van der Waals surface area contributed by atoms with E-state index >= 15 is 0 Å². The molecule has 0 aromatic heterocycles. The summed E-state index contributed by atoms with van der Waals surface area (Å²) in [6, 6.07) is 8.30. The number of hydrogen-bond donors (Lipinski definition) is 2. The minimum atomic E-state index is -1.15. The molecule has 2 nitrogen and oxygen atoms in total. The number of hydrogen-bond acceptors (Lipinski definition) is 2. The van der Waals surface area contributed by atoms with Gasteiger partial charge in [-0.1, -0.05) is 62.8 Å². The smallest absolute Gasteiger partial charge is 0.0705 e. The predicted octanol–water partition coefficient (Wildman–Crippen LogP) is 5.29. The normalized spacial score (nSPS) is 13.1. The largest absolute Gasteiger partial charge is 0.361 e. The van der Waals surface area contributed by atoms with E-state index in [9.17, 15) is 0 Å². The van der Waals surface area contributed by atoms with Crippen molar-refractivity contribution in [2.75, 3.05) is 10.6 Å². The summed E-state index contributed by atoms with van der Waals surface area (Å²) in [5, 5.41) is 6.77. The Kier molecular flexibility index (Phi) is 5.83. The van der Waals surface area contributed by atoms with Crippen molar-refractivity contribution in [3.63, 3.8) is 0 Å². The molecule has 0 radical (unpaired) electrons. The topological polar surface area (TPSA) is 24.1 Å². The quantitative estimate of drug-likeness (QED) is 0.698. The summed E-state index contributed by atoms with van der Waals surface area (Å²) in [5.74, 6) is 0. The van der Waals surface area contributed by atoms with Crippen LogP contribution < -0.4 is 10.6 Å². The molecule has 0 aliphatic rings. The summed E-state index contributed by atoms with van der Waals surface area (Å²) in [7, 11) is -2.30. The van der Waals surface area contributed by atoms with Gasteiger partial charge in [-0.05, 0) is 24.5 Å². The standard InChI is InChI=1S/C16H28N2Si2/c1-19(2,3)13-11-17-15-9-7-8-10-16(15)18-12-14-20(4,5)6/h7-14,17-18H,1-6H3/b13-11+,14-12+. The van der Waals surface area contributed by atoms with Gasteiger partial charge in [0.2, 0.25) is 0 Å². The van der Waals surface area contributed by atoms with Gasteiger partial charge in [-0.25, -0.2) is 0 Å². The van der Waals surface area contributed by atoms with Crippen LogP contribution in [0.1, 0.15) is 0 Å². The van der Waals surface area contributed by atoms with Gasteiger partial charge in [-0.15, -0.1) is 0 Å². The van der Waals surface area contributed by atoms with Gasteiger partial charge in [-0.3, -0.25) is 0 Å². The van der Waals surface area contributed by atoms with Crippen LogP contribution in [0.15, 0.2) is 48.1 Å². The van der Waals surface area contributed by atoms with Crippen molar-refractivity contribution in [1.29, 1.82) is 0 Å². The minimum Gasteiger partial charge on any atom is -0.361 e. The van der Waals surface area contributed by atoms with Crippen molar-refractivity contribution < 1.29 is 0 Å². The first kappa shape index (κ1) is 16.8. The minimum absolute atomic E-state index is 1.11. The number of rotatable bonds is 6. The van der Waals surface area contributed by atoms with Gasteiger partial charge in [-0.2, -0.15) is 0 Å². The van der Waals surface area contributed by atoms with Crippen molar-refractivity contribution in [2.45, 2.75) is 39.3 Å². The molecule has 2 N–H and O–H groups in total. The Morgan fingerprint density at radius 3 is 1.35 bits per heavy atom. The van der Waals surface area contributed by atoms with Gasteiger partial charge >= 0.3 is 0 Å². The average Bonchev–Trinajstić information content (AvgIpc) is 2.28. The number of anilines is 2. The van der Waals surface area contributed by atoms with Crippen LogP contribution in [0.2, 0.25) is 39.3 Å². The molecule has 0 amide bonds. The fraction of sp³-hybridized carbons (Fsp3) is 0.375. The molecule has 0 aliphatic carbocycles. The summed E-state index contributed by atoms with van der Waals surface area (Å²) < 4.78 is 0. The maximum atomic E-state index is 3.39. The molecule has 0 unspecified atom stereocenters. The average molecular weight is 305 g/mol. The second kappa shape index (κ2) is 6.95. The molecule has 1 rings (SSSR count). The summed E-state index contributed by atoms with van der Waals surface area (Å²) in [6.45, 7) is 14.0. The number of benzene rings is 1. The fourth-order valence-electron chi connectivity index (χ4n) is 1.50. The Bertz CT molecular complexity index is 435. The highest BCUT2D eigenvalue weighted by atomic mass is 28.3. The lowest BCUT2D eigenvalue weighted by molar-refractivity contribution is 1.52. The van der Waals surface area contributed by atoms with Crippen LogP contribution in [0.5, 0.6) is 0 Å². The molecule has 0 atom stereocenters. The zero-order chi connectivity index (χ0) is 15.2. The van der Waals surface area contributed by atoms with E-state index in [4.69, 9.17) is 0 Å². The Morgan fingerprint density at radius 2 is 1.05 bits per heavy atom. The first-order valence-corrected chi connectivity index (χ1v) is 14.3. The van der Waals surface area contributed by atoms with Crippen LogP contribution in [-0.4, -0.2) is 16.1 Å². The molecule has 1 aromatic rings. The van der Waals surface area contributed by atoms with Gasteiger partial charge in [0.1, 0.15) is 0 Å². The molecule has 20 heavy (non-hydrogen) atoms. The van der Waals surface area contributed by atoms with Crippen molar-refractivity contribution in [3.8, 4) is 0 Å². The zero-order valence-electron chi connectivity index (χ0n) is 13.6. The monoisotopic (exact) mass is 304 g/mol. The highest BCUT2D eigenvalue weighted by Crippen LogP contribution is 2.21. The highest BCUT2D eigenvalue weighted by molar-refractivity contribution is 6.81. The number of nitrogens with one attached hydrogen (secondary N) is 2. The maximum Gasteiger partial charge on any atom is 0.0705 e. The van der Waals surface area contributed by atoms with Crippen LogP contribution in [0.4, 0.5) is 11.4 Å².